The van der Waals surface area contributed by atoms with Gasteiger partial charge in [-0.05, 0) is 30.7 Å². The molecule has 0 unspecified atom stereocenters. The first-order valence-electron chi connectivity index (χ1n) is 5.27. The number of hydrogen-bond acceptors (Lipinski definition) is 2. The van der Waals surface area contributed by atoms with Gasteiger partial charge in [-0.25, -0.2) is 4.39 Å². The van der Waals surface area contributed by atoms with E-state index in [2.05, 4.69) is 5.10 Å². The van der Waals surface area contributed by atoms with Gasteiger partial charge in [0.2, 0.25) is 0 Å². The second kappa shape index (κ2) is 4.85. The van der Waals surface area contributed by atoms with Crippen molar-refractivity contribution in [1.82, 2.24) is 9.78 Å². The van der Waals surface area contributed by atoms with E-state index in [1.807, 2.05) is 6.92 Å². The van der Waals surface area contributed by atoms with E-state index in [-0.39, 0.29) is 5.82 Å². The lowest BCUT2D eigenvalue weighted by Gasteiger charge is -2.07. The highest BCUT2D eigenvalue weighted by Gasteiger charge is 2.08. The molecule has 1 heterocycles. The molecule has 2 rings (SSSR count). The van der Waals surface area contributed by atoms with Crippen LogP contribution in [0.4, 0.5) is 4.39 Å². The van der Waals surface area contributed by atoms with Crippen molar-refractivity contribution in [3.05, 3.63) is 52.1 Å². The van der Waals surface area contributed by atoms with Crippen LogP contribution in [0.5, 0.6) is 0 Å². The molecule has 3 nitrogen and oxygen atoms in total. The molecule has 5 heteroatoms. The molecule has 0 amide bonds. The van der Waals surface area contributed by atoms with Gasteiger partial charge in [-0.3, -0.25) is 4.68 Å². The van der Waals surface area contributed by atoms with Crippen molar-refractivity contribution >= 4 is 11.6 Å². The molecule has 0 spiro atoms. The molecule has 0 radical (unpaired) electrons. The Kier molecular flexibility index (Phi) is 3.45. The van der Waals surface area contributed by atoms with Gasteiger partial charge in [-0.1, -0.05) is 11.6 Å². The summed E-state index contributed by atoms with van der Waals surface area (Å²) in [7, 11) is 0. The molecule has 0 saturated carbocycles. The Hall–Kier alpha value is -1.39. The zero-order valence-electron chi connectivity index (χ0n) is 9.45. The van der Waals surface area contributed by atoms with Gasteiger partial charge in [0, 0.05) is 22.8 Å². The van der Waals surface area contributed by atoms with Crippen molar-refractivity contribution < 1.29 is 4.39 Å². The molecule has 17 heavy (non-hydrogen) atoms. The van der Waals surface area contributed by atoms with Gasteiger partial charge in [0.1, 0.15) is 5.82 Å². The number of halogens is 2. The van der Waals surface area contributed by atoms with Crippen molar-refractivity contribution in [2.24, 2.45) is 5.73 Å². The Bertz CT molecular complexity index is 537. The van der Waals surface area contributed by atoms with E-state index in [9.17, 15) is 4.39 Å². The molecule has 0 aliphatic rings. The maximum atomic E-state index is 13.1. The maximum Gasteiger partial charge on any atom is 0.123 e. The average molecular weight is 254 g/mol. The van der Waals surface area contributed by atoms with Gasteiger partial charge in [-0.2, -0.15) is 5.10 Å². The summed E-state index contributed by atoms with van der Waals surface area (Å²) >= 11 is 6.01. The third kappa shape index (κ3) is 2.48. The Labute approximate surface area is 104 Å². The third-order valence-electron chi connectivity index (χ3n) is 2.75. The van der Waals surface area contributed by atoms with E-state index in [1.165, 1.54) is 12.1 Å². The Morgan fingerprint density at radius 3 is 2.82 bits per heavy atom. The van der Waals surface area contributed by atoms with Crippen LogP contribution < -0.4 is 5.73 Å². The molecule has 0 aliphatic heterocycles. The van der Waals surface area contributed by atoms with Gasteiger partial charge >= 0.3 is 0 Å². The summed E-state index contributed by atoms with van der Waals surface area (Å²) in [6.07, 6.45) is 1.72. The predicted octanol–water partition coefficient (Wildman–Crippen LogP) is 2.49. The number of nitrogens with zero attached hydrogens (tertiary/aromatic N) is 2. The predicted molar refractivity (Wildman–Crippen MR) is 65.4 cm³/mol. The van der Waals surface area contributed by atoms with Crippen molar-refractivity contribution in [3.8, 4) is 0 Å². The SMILES string of the molecule is Cc1c(CN)cnn1Cc1cc(F)ccc1Cl. The number of nitrogens with two attached hydrogens (primary N) is 1. The monoisotopic (exact) mass is 253 g/mol. The van der Waals surface area contributed by atoms with E-state index in [0.717, 1.165) is 11.3 Å². The Morgan fingerprint density at radius 1 is 1.41 bits per heavy atom. The minimum absolute atomic E-state index is 0.298. The molecule has 0 fully saturated rings. The van der Waals surface area contributed by atoms with Gasteiger partial charge in [0.05, 0.1) is 12.7 Å². The second-order valence-electron chi connectivity index (χ2n) is 3.85. The van der Waals surface area contributed by atoms with E-state index in [4.69, 9.17) is 17.3 Å². The fraction of sp³-hybridized carbons (Fsp3) is 0.250. The van der Waals surface area contributed by atoms with Crippen LogP contribution >= 0.6 is 11.6 Å². The second-order valence-corrected chi connectivity index (χ2v) is 4.26. The minimum atomic E-state index is -0.298. The number of aromatic nitrogens is 2. The van der Waals surface area contributed by atoms with Crippen LogP contribution in [-0.4, -0.2) is 9.78 Å². The van der Waals surface area contributed by atoms with Crippen LogP contribution in [-0.2, 0) is 13.1 Å². The van der Waals surface area contributed by atoms with Crippen LogP contribution in [0.1, 0.15) is 16.8 Å². The minimum Gasteiger partial charge on any atom is -0.326 e. The third-order valence-corrected chi connectivity index (χ3v) is 3.12. The van der Waals surface area contributed by atoms with Crippen molar-refractivity contribution in [2.45, 2.75) is 20.0 Å². The first kappa shape index (κ1) is 12.1. The molecule has 0 saturated heterocycles. The summed E-state index contributed by atoms with van der Waals surface area (Å²) in [5.74, 6) is -0.298. The van der Waals surface area contributed by atoms with Gasteiger partial charge in [-0.15, -0.1) is 0 Å². The lowest BCUT2D eigenvalue weighted by atomic mass is 10.2. The van der Waals surface area contributed by atoms with Crippen molar-refractivity contribution in [2.75, 3.05) is 0 Å². The molecule has 2 N–H and O–H groups in total. The number of rotatable bonds is 3. The Balaban J connectivity index is 2.31. The summed E-state index contributed by atoms with van der Waals surface area (Å²) in [5.41, 5.74) is 8.24. The first-order valence-corrected chi connectivity index (χ1v) is 5.65. The zero-order chi connectivity index (χ0) is 12.4. The fourth-order valence-electron chi connectivity index (χ4n) is 1.67. The summed E-state index contributed by atoms with van der Waals surface area (Å²) in [6.45, 7) is 2.83. The van der Waals surface area contributed by atoms with Crippen LogP contribution in [0.3, 0.4) is 0 Å². The molecule has 0 bridgehead atoms. The lowest BCUT2D eigenvalue weighted by molar-refractivity contribution is 0.616. The highest BCUT2D eigenvalue weighted by atomic mass is 35.5. The summed E-state index contributed by atoms with van der Waals surface area (Å²) < 4.78 is 14.9. The molecule has 0 atom stereocenters. The van der Waals surface area contributed by atoms with Crippen molar-refractivity contribution in [1.29, 1.82) is 0 Å². The first-order chi connectivity index (χ1) is 8.11. The molecule has 1 aromatic carbocycles. The highest BCUT2D eigenvalue weighted by molar-refractivity contribution is 6.31. The van der Waals surface area contributed by atoms with Gasteiger partial charge in [0.15, 0.2) is 0 Å². The maximum absolute atomic E-state index is 13.1. The standard InChI is InChI=1S/C12H13ClFN3/c1-8-10(5-15)6-16-17(8)7-9-4-11(14)2-3-12(9)13/h2-4,6H,5,7,15H2,1H3. The topological polar surface area (TPSA) is 43.8 Å². The largest absolute Gasteiger partial charge is 0.326 e. The summed E-state index contributed by atoms with van der Waals surface area (Å²) in [6, 6.07) is 4.31. The molecular formula is C12H13ClFN3. The summed E-state index contributed by atoms with van der Waals surface area (Å²) in [5, 5.41) is 4.75. The molecular weight excluding hydrogens is 241 g/mol. The zero-order valence-corrected chi connectivity index (χ0v) is 10.2. The number of hydrogen-bond donors (Lipinski definition) is 1. The van der Waals surface area contributed by atoms with E-state index < -0.39 is 0 Å². The van der Waals surface area contributed by atoms with Crippen LogP contribution in [0.2, 0.25) is 5.02 Å². The Morgan fingerprint density at radius 2 is 2.18 bits per heavy atom. The lowest BCUT2D eigenvalue weighted by Crippen LogP contribution is -2.06. The van der Waals surface area contributed by atoms with E-state index in [1.54, 1.807) is 16.9 Å². The molecule has 0 aliphatic carbocycles. The van der Waals surface area contributed by atoms with E-state index >= 15 is 0 Å². The van der Waals surface area contributed by atoms with Gasteiger partial charge in [0.25, 0.3) is 0 Å². The van der Waals surface area contributed by atoms with Crippen molar-refractivity contribution in [3.63, 3.8) is 0 Å². The normalized spacial score (nSPS) is 10.8. The molecule has 90 valence electrons. The fourth-order valence-corrected chi connectivity index (χ4v) is 1.85. The van der Waals surface area contributed by atoms with E-state index in [0.29, 0.717) is 23.7 Å². The quantitative estimate of drug-likeness (QED) is 0.913. The van der Waals surface area contributed by atoms with Crippen LogP contribution in [0, 0.1) is 12.7 Å². The average Bonchev–Trinajstić information content (AvgIpc) is 2.65. The van der Waals surface area contributed by atoms with Crippen LogP contribution in [0.25, 0.3) is 0 Å². The highest BCUT2D eigenvalue weighted by Crippen LogP contribution is 2.19. The summed E-state index contributed by atoms with van der Waals surface area (Å²) in [4.78, 5) is 0. The van der Waals surface area contributed by atoms with Gasteiger partial charge < -0.3 is 5.73 Å². The molecule has 2 aromatic rings. The number of benzene rings is 1. The molecule has 1 aromatic heterocycles. The van der Waals surface area contributed by atoms with Crippen LogP contribution in [0.15, 0.2) is 24.4 Å². The smallest absolute Gasteiger partial charge is 0.123 e.